The van der Waals surface area contributed by atoms with Crippen LogP contribution in [0.1, 0.15) is 42.7 Å². The molecule has 0 radical (unpaired) electrons. The lowest BCUT2D eigenvalue weighted by Crippen LogP contribution is -2.37. The fraction of sp³-hybridized carbons (Fsp3) is 0.579. The van der Waals surface area contributed by atoms with Gasteiger partial charge >= 0.3 is 0 Å². The summed E-state index contributed by atoms with van der Waals surface area (Å²) in [5.41, 5.74) is 5.11. The Labute approximate surface area is 154 Å². The van der Waals surface area contributed by atoms with Gasteiger partial charge in [0.05, 0.1) is 13.2 Å². The van der Waals surface area contributed by atoms with Gasteiger partial charge in [-0.25, -0.2) is 0 Å². The summed E-state index contributed by atoms with van der Waals surface area (Å²) in [6.45, 7) is 5.98. The highest BCUT2D eigenvalue weighted by Crippen LogP contribution is 2.43. The number of hydrogen-bond donors (Lipinski definition) is 1. The summed E-state index contributed by atoms with van der Waals surface area (Å²) in [4.78, 5) is 16.1. The van der Waals surface area contributed by atoms with Crippen molar-refractivity contribution in [1.29, 1.82) is 0 Å². The zero-order valence-corrected chi connectivity index (χ0v) is 15.5. The molecule has 0 spiro atoms. The maximum absolute atomic E-state index is 11.7. The summed E-state index contributed by atoms with van der Waals surface area (Å²) in [5, 5.41) is 3.26. The Morgan fingerprint density at radius 2 is 1.92 bits per heavy atom. The highest BCUT2D eigenvalue weighted by atomic mass is 32.1. The van der Waals surface area contributed by atoms with Gasteiger partial charge in [-0.1, -0.05) is 12.8 Å². The van der Waals surface area contributed by atoms with Crippen LogP contribution in [0.3, 0.4) is 0 Å². The van der Waals surface area contributed by atoms with Crippen LogP contribution in [0.15, 0.2) is 12.1 Å². The largest absolute Gasteiger partial charge is 0.378 e. The van der Waals surface area contributed by atoms with E-state index in [2.05, 4.69) is 29.3 Å². The van der Waals surface area contributed by atoms with Gasteiger partial charge in [0.15, 0.2) is 5.11 Å². The third-order valence-electron chi connectivity index (χ3n) is 5.54. The number of nitrogens with zero attached hydrogens (tertiary/aromatic N) is 2. The lowest BCUT2D eigenvalue weighted by Gasteiger charge is -2.34. The van der Waals surface area contributed by atoms with Gasteiger partial charge in [0.1, 0.15) is 6.54 Å². The van der Waals surface area contributed by atoms with E-state index in [1.54, 1.807) is 0 Å². The Kier molecular flexibility index (Phi) is 4.65. The van der Waals surface area contributed by atoms with Gasteiger partial charge in [0.25, 0.3) is 0 Å². The molecular formula is C19H25N3O2S. The quantitative estimate of drug-likeness (QED) is 0.841. The molecule has 2 saturated heterocycles. The topological polar surface area (TPSA) is 44.8 Å². The molecule has 0 atom stereocenters. The van der Waals surface area contributed by atoms with Gasteiger partial charge < -0.3 is 19.9 Å². The van der Waals surface area contributed by atoms with Crippen molar-refractivity contribution in [2.45, 2.75) is 38.5 Å². The van der Waals surface area contributed by atoms with Crippen LogP contribution in [0.2, 0.25) is 0 Å². The predicted octanol–water partition coefficient (Wildman–Crippen LogP) is 2.71. The molecular weight excluding hydrogens is 334 g/mol. The molecule has 0 bridgehead atoms. The van der Waals surface area contributed by atoms with Gasteiger partial charge in [-0.3, -0.25) is 4.79 Å². The summed E-state index contributed by atoms with van der Waals surface area (Å²) in [6.07, 6.45) is 5.11. The Balaban J connectivity index is 1.75. The number of nitrogens with one attached hydrogen (secondary N) is 1. The van der Waals surface area contributed by atoms with Crippen LogP contribution in [0, 0.1) is 6.92 Å². The Bertz CT molecular complexity index is 694. The molecule has 4 rings (SSSR count). The average Bonchev–Trinajstić information content (AvgIpc) is 3.24. The summed E-state index contributed by atoms with van der Waals surface area (Å²) < 4.78 is 5.54. The lowest BCUT2D eigenvalue weighted by atomic mass is 9.92. The molecule has 5 nitrogen and oxygen atoms in total. The van der Waals surface area contributed by atoms with Crippen molar-refractivity contribution in [2.75, 3.05) is 42.6 Å². The standard InChI is InChI=1S/C19H25N3O2S/c1-13-10-15(22-12-17(23)20-19(22)25)11-16(14-4-2-3-5-14)18(13)21-6-8-24-9-7-21/h10-11,14H,2-9,12H2,1H3,(H,20,23,25). The second-order valence-electron chi connectivity index (χ2n) is 7.22. The zero-order chi connectivity index (χ0) is 17.4. The summed E-state index contributed by atoms with van der Waals surface area (Å²) >= 11 is 5.35. The first-order valence-electron chi connectivity index (χ1n) is 9.22. The first-order valence-corrected chi connectivity index (χ1v) is 9.63. The SMILES string of the molecule is Cc1cc(N2CC(=O)NC2=S)cc(C2CCCC2)c1N1CCOCC1. The van der Waals surface area contributed by atoms with Gasteiger partial charge in [0.2, 0.25) is 5.91 Å². The summed E-state index contributed by atoms with van der Waals surface area (Å²) in [6, 6.07) is 4.45. The minimum absolute atomic E-state index is 0.0256. The van der Waals surface area contributed by atoms with Crippen molar-refractivity contribution < 1.29 is 9.53 Å². The predicted molar refractivity (Wildman–Crippen MR) is 104 cm³/mol. The van der Waals surface area contributed by atoms with Crippen molar-refractivity contribution in [3.63, 3.8) is 0 Å². The van der Waals surface area contributed by atoms with E-state index in [9.17, 15) is 4.79 Å². The van der Waals surface area contributed by atoms with Crippen molar-refractivity contribution in [2.24, 2.45) is 0 Å². The fourth-order valence-corrected chi connectivity index (χ4v) is 4.64. The Morgan fingerprint density at radius 3 is 2.56 bits per heavy atom. The second kappa shape index (κ2) is 6.92. The molecule has 1 saturated carbocycles. The zero-order valence-electron chi connectivity index (χ0n) is 14.7. The third kappa shape index (κ3) is 3.25. The molecule has 25 heavy (non-hydrogen) atoms. The molecule has 1 aromatic rings. The third-order valence-corrected chi connectivity index (χ3v) is 5.86. The van der Waals surface area contributed by atoms with E-state index in [4.69, 9.17) is 17.0 Å². The van der Waals surface area contributed by atoms with Crippen molar-refractivity contribution >= 4 is 34.6 Å². The normalized spacial score (nSPS) is 22.0. The second-order valence-corrected chi connectivity index (χ2v) is 7.61. The number of carbonyl (C=O) groups excluding carboxylic acids is 1. The number of anilines is 2. The molecule has 3 aliphatic rings. The number of ether oxygens (including phenoxy) is 1. The summed E-state index contributed by atoms with van der Waals surface area (Å²) in [5.74, 6) is 0.582. The molecule has 0 unspecified atom stereocenters. The molecule has 1 N–H and O–H groups in total. The first kappa shape index (κ1) is 16.8. The van der Waals surface area contributed by atoms with Crippen LogP contribution in [-0.4, -0.2) is 43.9 Å². The maximum Gasteiger partial charge on any atom is 0.246 e. The van der Waals surface area contributed by atoms with E-state index in [1.165, 1.54) is 42.5 Å². The minimum atomic E-state index is -0.0256. The molecule has 1 aliphatic carbocycles. The molecule has 3 fully saturated rings. The van der Waals surface area contributed by atoms with Crippen LogP contribution < -0.4 is 15.1 Å². The number of aryl methyl sites for hydroxylation is 1. The van der Waals surface area contributed by atoms with E-state index in [0.29, 0.717) is 17.6 Å². The highest BCUT2D eigenvalue weighted by Gasteiger charge is 2.29. The maximum atomic E-state index is 11.7. The van der Waals surface area contributed by atoms with Gasteiger partial charge in [0, 0.05) is 24.5 Å². The lowest BCUT2D eigenvalue weighted by molar-refractivity contribution is -0.117. The van der Waals surface area contributed by atoms with Crippen LogP contribution in [-0.2, 0) is 9.53 Å². The molecule has 2 aliphatic heterocycles. The molecule has 6 heteroatoms. The average molecular weight is 359 g/mol. The number of amides is 1. The van der Waals surface area contributed by atoms with Crippen molar-refractivity contribution in [1.82, 2.24) is 5.32 Å². The van der Waals surface area contributed by atoms with Crippen LogP contribution in [0.25, 0.3) is 0 Å². The number of benzene rings is 1. The van der Waals surface area contributed by atoms with Crippen molar-refractivity contribution in [3.05, 3.63) is 23.3 Å². The van der Waals surface area contributed by atoms with Crippen LogP contribution >= 0.6 is 12.2 Å². The van der Waals surface area contributed by atoms with Crippen LogP contribution in [0.4, 0.5) is 11.4 Å². The number of morpholine rings is 1. The molecule has 0 aromatic heterocycles. The Hall–Kier alpha value is -1.66. The summed E-state index contributed by atoms with van der Waals surface area (Å²) in [7, 11) is 0. The molecule has 2 heterocycles. The van der Waals surface area contributed by atoms with Gasteiger partial charge in [-0.15, -0.1) is 0 Å². The number of carbonyl (C=O) groups is 1. The fourth-order valence-electron chi connectivity index (χ4n) is 4.36. The first-order chi connectivity index (χ1) is 12.1. The van der Waals surface area contributed by atoms with E-state index >= 15 is 0 Å². The van der Waals surface area contributed by atoms with Gasteiger partial charge in [-0.2, -0.15) is 0 Å². The van der Waals surface area contributed by atoms with Gasteiger partial charge in [-0.05, 0) is 61.2 Å². The smallest absolute Gasteiger partial charge is 0.246 e. The highest BCUT2D eigenvalue weighted by molar-refractivity contribution is 7.80. The van der Waals surface area contributed by atoms with E-state index in [1.807, 2.05) is 4.90 Å². The number of thiocarbonyl (C=S) groups is 1. The Morgan fingerprint density at radius 1 is 1.20 bits per heavy atom. The van der Waals surface area contributed by atoms with E-state index in [0.717, 1.165) is 32.0 Å². The number of hydrogen-bond acceptors (Lipinski definition) is 4. The monoisotopic (exact) mass is 359 g/mol. The van der Waals surface area contributed by atoms with E-state index < -0.39 is 0 Å². The molecule has 134 valence electrons. The molecule has 1 aromatic carbocycles. The van der Waals surface area contributed by atoms with E-state index in [-0.39, 0.29) is 5.91 Å². The molecule has 1 amide bonds. The minimum Gasteiger partial charge on any atom is -0.378 e. The van der Waals surface area contributed by atoms with Crippen molar-refractivity contribution in [3.8, 4) is 0 Å². The number of rotatable bonds is 3. The van der Waals surface area contributed by atoms with Crippen LogP contribution in [0.5, 0.6) is 0 Å².